The van der Waals surface area contributed by atoms with Crippen LogP contribution in [0.15, 0.2) is 0 Å². The molecule has 2 aliphatic rings. The summed E-state index contributed by atoms with van der Waals surface area (Å²) >= 11 is 0. The molecule has 0 spiro atoms. The third-order valence-electron chi connectivity index (χ3n) is 4.24. The van der Waals surface area contributed by atoms with E-state index in [1.807, 2.05) is 0 Å². The van der Waals surface area contributed by atoms with Gasteiger partial charge in [-0.05, 0) is 44.6 Å². The topological polar surface area (TPSA) is 21.3 Å². The maximum absolute atomic E-state index is 5.62. The van der Waals surface area contributed by atoms with E-state index < -0.39 is 0 Å². The Balaban J connectivity index is 1.87. The van der Waals surface area contributed by atoms with Crippen molar-refractivity contribution in [2.75, 3.05) is 20.3 Å². The maximum atomic E-state index is 5.62. The average Bonchev–Trinajstić information content (AvgIpc) is 2.55. The molecule has 2 rings (SSSR count). The van der Waals surface area contributed by atoms with Gasteiger partial charge < -0.3 is 10.1 Å². The van der Waals surface area contributed by atoms with E-state index in [1.165, 1.54) is 44.9 Å². The molecule has 1 aliphatic heterocycles. The molecule has 0 bridgehead atoms. The van der Waals surface area contributed by atoms with Gasteiger partial charge in [-0.2, -0.15) is 0 Å². The Labute approximate surface area is 93.8 Å². The lowest BCUT2D eigenvalue weighted by Gasteiger charge is -2.31. The summed E-state index contributed by atoms with van der Waals surface area (Å²) in [5, 5.41) is 3.47. The van der Waals surface area contributed by atoms with E-state index >= 15 is 0 Å². The van der Waals surface area contributed by atoms with Crippen LogP contribution < -0.4 is 5.32 Å². The SMILES string of the molecule is CNC1CCCCC(C2CCCOC2)C1. The molecule has 0 aromatic carbocycles. The fraction of sp³-hybridized carbons (Fsp3) is 1.00. The summed E-state index contributed by atoms with van der Waals surface area (Å²) in [7, 11) is 2.12. The first-order chi connectivity index (χ1) is 7.40. The summed E-state index contributed by atoms with van der Waals surface area (Å²) in [6.45, 7) is 2.03. The van der Waals surface area contributed by atoms with Crippen molar-refractivity contribution in [3.63, 3.8) is 0 Å². The van der Waals surface area contributed by atoms with Crippen molar-refractivity contribution in [3.05, 3.63) is 0 Å². The highest BCUT2D eigenvalue weighted by atomic mass is 16.5. The van der Waals surface area contributed by atoms with Gasteiger partial charge in [-0.25, -0.2) is 0 Å². The van der Waals surface area contributed by atoms with Crippen LogP contribution in [-0.2, 0) is 4.74 Å². The van der Waals surface area contributed by atoms with Crippen molar-refractivity contribution >= 4 is 0 Å². The molecule has 88 valence electrons. The molecule has 15 heavy (non-hydrogen) atoms. The summed E-state index contributed by atoms with van der Waals surface area (Å²) in [4.78, 5) is 0. The van der Waals surface area contributed by atoms with Gasteiger partial charge >= 0.3 is 0 Å². The van der Waals surface area contributed by atoms with Crippen LogP contribution in [0.5, 0.6) is 0 Å². The monoisotopic (exact) mass is 211 g/mol. The lowest BCUT2D eigenvalue weighted by atomic mass is 9.82. The highest BCUT2D eigenvalue weighted by molar-refractivity contribution is 4.80. The summed E-state index contributed by atoms with van der Waals surface area (Å²) < 4.78 is 5.62. The fourth-order valence-corrected chi connectivity index (χ4v) is 3.23. The quantitative estimate of drug-likeness (QED) is 0.709. The Morgan fingerprint density at radius 1 is 1.00 bits per heavy atom. The zero-order valence-corrected chi connectivity index (χ0v) is 10.0. The lowest BCUT2D eigenvalue weighted by Crippen LogP contribution is -2.31. The first-order valence-electron chi connectivity index (χ1n) is 6.65. The molecule has 1 saturated heterocycles. The van der Waals surface area contributed by atoms with Gasteiger partial charge in [-0.15, -0.1) is 0 Å². The zero-order chi connectivity index (χ0) is 10.5. The minimum atomic E-state index is 0.763. The molecule has 2 fully saturated rings. The van der Waals surface area contributed by atoms with Crippen molar-refractivity contribution in [2.45, 2.75) is 51.0 Å². The van der Waals surface area contributed by atoms with Crippen LogP contribution in [0.1, 0.15) is 44.9 Å². The van der Waals surface area contributed by atoms with E-state index in [-0.39, 0.29) is 0 Å². The molecule has 0 amide bonds. The molecule has 2 heteroatoms. The third kappa shape index (κ3) is 3.18. The zero-order valence-electron chi connectivity index (χ0n) is 10.0. The van der Waals surface area contributed by atoms with Crippen LogP contribution in [0.4, 0.5) is 0 Å². The summed E-state index contributed by atoms with van der Waals surface area (Å²) in [5.74, 6) is 1.78. The second kappa shape index (κ2) is 5.86. The van der Waals surface area contributed by atoms with Crippen molar-refractivity contribution in [3.8, 4) is 0 Å². The smallest absolute Gasteiger partial charge is 0.0496 e. The van der Waals surface area contributed by atoms with Crippen molar-refractivity contribution in [1.82, 2.24) is 5.32 Å². The Morgan fingerprint density at radius 3 is 2.53 bits per heavy atom. The fourth-order valence-electron chi connectivity index (χ4n) is 3.23. The standard InChI is InChI=1S/C13H25NO/c1-14-13-7-3-2-5-11(9-13)12-6-4-8-15-10-12/h11-14H,2-10H2,1H3. The van der Waals surface area contributed by atoms with E-state index in [1.54, 1.807) is 0 Å². The van der Waals surface area contributed by atoms with E-state index in [0.717, 1.165) is 31.1 Å². The Hall–Kier alpha value is -0.0800. The van der Waals surface area contributed by atoms with Gasteiger partial charge in [0, 0.05) is 19.3 Å². The molecular formula is C13H25NO. The van der Waals surface area contributed by atoms with Crippen molar-refractivity contribution in [2.24, 2.45) is 11.8 Å². The molecule has 0 radical (unpaired) electrons. The average molecular weight is 211 g/mol. The van der Waals surface area contributed by atoms with Crippen LogP contribution in [0.3, 0.4) is 0 Å². The minimum Gasteiger partial charge on any atom is -0.381 e. The van der Waals surface area contributed by atoms with Gasteiger partial charge in [0.2, 0.25) is 0 Å². The van der Waals surface area contributed by atoms with Gasteiger partial charge in [0.05, 0.1) is 0 Å². The number of hydrogen-bond acceptors (Lipinski definition) is 2. The van der Waals surface area contributed by atoms with Gasteiger partial charge in [-0.1, -0.05) is 19.3 Å². The van der Waals surface area contributed by atoms with Gasteiger partial charge in [0.25, 0.3) is 0 Å². The van der Waals surface area contributed by atoms with Gasteiger partial charge in [-0.3, -0.25) is 0 Å². The van der Waals surface area contributed by atoms with Crippen LogP contribution in [0.25, 0.3) is 0 Å². The molecule has 0 aromatic rings. The summed E-state index contributed by atoms with van der Waals surface area (Å²) in [6, 6.07) is 0.763. The Kier molecular flexibility index (Phi) is 4.45. The summed E-state index contributed by atoms with van der Waals surface area (Å²) in [6.07, 6.45) is 9.72. The third-order valence-corrected chi connectivity index (χ3v) is 4.24. The number of ether oxygens (including phenoxy) is 1. The first kappa shape index (κ1) is 11.4. The van der Waals surface area contributed by atoms with E-state index in [4.69, 9.17) is 4.74 Å². The normalized spacial score (nSPS) is 38.6. The Bertz CT molecular complexity index is 177. The lowest BCUT2D eigenvalue weighted by molar-refractivity contribution is 0.0259. The molecule has 3 atom stereocenters. The number of nitrogens with one attached hydrogen (secondary N) is 1. The predicted molar refractivity (Wildman–Crippen MR) is 63.0 cm³/mol. The van der Waals surface area contributed by atoms with Crippen LogP contribution in [0, 0.1) is 11.8 Å². The molecule has 1 N–H and O–H groups in total. The second-order valence-corrected chi connectivity index (χ2v) is 5.24. The minimum absolute atomic E-state index is 0.763. The van der Waals surface area contributed by atoms with Gasteiger partial charge in [0.1, 0.15) is 0 Å². The first-order valence-corrected chi connectivity index (χ1v) is 6.65. The van der Waals surface area contributed by atoms with E-state index in [0.29, 0.717) is 0 Å². The van der Waals surface area contributed by atoms with Crippen LogP contribution in [0.2, 0.25) is 0 Å². The van der Waals surface area contributed by atoms with E-state index in [2.05, 4.69) is 12.4 Å². The maximum Gasteiger partial charge on any atom is 0.0496 e. The van der Waals surface area contributed by atoms with Crippen molar-refractivity contribution < 1.29 is 4.74 Å². The molecule has 3 unspecified atom stereocenters. The van der Waals surface area contributed by atoms with Crippen LogP contribution in [-0.4, -0.2) is 26.3 Å². The molecule has 1 saturated carbocycles. The van der Waals surface area contributed by atoms with Gasteiger partial charge in [0.15, 0.2) is 0 Å². The number of rotatable bonds is 2. The van der Waals surface area contributed by atoms with Crippen LogP contribution >= 0.6 is 0 Å². The Morgan fingerprint density at radius 2 is 1.80 bits per heavy atom. The second-order valence-electron chi connectivity index (χ2n) is 5.24. The highest BCUT2D eigenvalue weighted by Gasteiger charge is 2.27. The number of hydrogen-bond donors (Lipinski definition) is 1. The molecule has 0 aromatic heterocycles. The molecule has 2 nitrogen and oxygen atoms in total. The molecule has 1 aliphatic carbocycles. The van der Waals surface area contributed by atoms with Crippen molar-refractivity contribution in [1.29, 1.82) is 0 Å². The molecular weight excluding hydrogens is 186 g/mol. The highest BCUT2D eigenvalue weighted by Crippen LogP contribution is 2.33. The summed E-state index contributed by atoms with van der Waals surface area (Å²) in [5.41, 5.74) is 0. The predicted octanol–water partition coefficient (Wildman–Crippen LogP) is 2.58. The van der Waals surface area contributed by atoms with E-state index in [9.17, 15) is 0 Å². The largest absolute Gasteiger partial charge is 0.381 e. The molecule has 1 heterocycles.